The fourth-order valence-corrected chi connectivity index (χ4v) is 3.79. The molecule has 1 aliphatic rings. The van der Waals surface area contributed by atoms with Gasteiger partial charge in [-0.05, 0) is 61.0 Å². The number of amidine groups is 1. The molecule has 4 rings (SSSR count). The number of rotatable bonds is 6. The van der Waals surface area contributed by atoms with Crippen LogP contribution in [-0.4, -0.2) is 25.5 Å². The first-order chi connectivity index (χ1) is 15.1. The second-order valence-electron chi connectivity index (χ2n) is 6.79. The highest BCUT2D eigenvalue weighted by molar-refractivity contribution is 9.10. The van der Waals surface area contributed by atoms with Crippen molar-refractivity contribution >= 4 is 39.4 Å². The molecule has 0 unspecified atom stereocenters. The number of carbonyl (C=O) groups excluding carboxylic acids is 1. The number of aliphatic imine (C=N–C) groups is 1. The van der Waals surface area contributed by atoms with E-state index < -0.39 is 0 Å². The molecule has 3 aromatic rings. The molecule has 0 aromatic heterocycles. The molecule has 6 heteroatoms. The second-order valence-corrected chi connectivity index (χ2v) is 7.64. The van der Waals surface area contributed by atoms with Crippen LogP contribution in [0.2, 0.25) is 0 Å². The molecule has 5 nitrogen and oxygen atoms in total. The number of ether oxygens (including phenoxy) is 2. The molecule has 1 amide bonds. The average Bonchev–Trinajstić information content (AvgIpc) is 3.10. The van der Waals surface area contributed by atoms with Gasteiger partial charge in [0.25, 0.3) is 5.91 Å². The third-order valence-electron chi connectivity index (χ3n) is 4.78. The molecular formula is C25H21BrN2O3. The maximum atomic E-state index is 13.4. The van der Waals surface area contributed by atoms with Crippen molar-refractivity contribution in [2.75, 3.05) is 18.6 Å². The van der Waals surface area contributed by atoms with Crippen molar-refractivity contribution in [1.29, 1.82) is 0 Å². The van der Waals surface area contributed by atoms with Crippen molar-refractivity contribution in [3.63, 3.8) is 0 Å². The van der Waals surface area contributed by atoms with Gasteiger partial charge in [-0.15, -0.1) is 0 Å². The van der Waals surface area contributed by atoms with E-state index >= 15 is 0 Å². The zero-order valence-corrected chi connectivity index (χ0v) is 18.8. The lowest BCUT2D eigenvalue weighted by molar-refractivity contribution is -0.113. The van der Waals surface area contributed by atoms with Crippen LogP contribution in [0.4, 0.5) is 5.69 Å². The zero-order valence-electron chi connectivity index (χ0n) is 17.2. The van der Waals surface area contributed by atoms with Crippen LogP contribution < -0.4 is 14.4 Å². The predicted molar refractivity (Wildman–Crippen MR) is 127 cm³/mol. The van der Waals surface area contributed by atoms with Gasteiger partial charge >= 0.3 is 0 Å². The van der Waals surface area contributed by atoms with Gasteiger partial charge in [-0.3, -0.25) is 9.69 Å². The summed E-state index contributed by atoms with van der Waals surface area (Å²) in [5.41, 5.74) is 2.75. The summed E-state index contributed by atoms with van der Waals surface area (Å²) in [7, 11) is 1.61. The first kappa shape index (κ1) is 20.9. The minimum Gasteiger partial charge on any atom is -0.497 e. The molecule has 0 radical (unpaired) electrons. The van der Waals surface area contributed by atoms with Crippen molar-refractivity contribution < 1.29 is 14.3 Å². The van der Waals surface area contributed by atoms with Gasteiger partial charge in [-0.25, -0.2) is 4.99 Å². The van der Waals surface area contributed by atoms with E-state index in [-0.39, 0.29) is 5.91 Å². The SMILES string of the molecule is CCOc1ccc(N2C(=O)/C(=C\c3cccc(OC)c3)N=C2c2ccccc2Br)cc1. The van der Waals surface area contributed by atoms with E-state index in [1.165, 1.54) is 0 Å². The second kappa shape index (κ2) is 9.18. The lowest BCUT2D eigenvalue weighted by Gasteiger charge is -2.19. The predicted octanol–water partition coefficient (Wildman–Crippen LogP) is 5.69. The minimum atomic E-state index is -0.197. The molecule has 31 heavy (non-hydrogen) atoms. The maximum Gasteiger partial charge on any atom is 0.282 e. The molecule has 0 spiro atoms. The summed E-state index contributed by atoms with van der Waals surface area (Å²) in [5, 5.41) is 0. The molecule has 156 valence electrons. The summed E-state index contributed by atoms with van der Waals surface area (Å²) >= 11 is 3.59. The number of anilines is 1. The Morgan fingerprint density at radius 3 is 2.48 bits per heavy atom. The number of hydrogen-bond acceptors (Lipinski definition) is 4. The Morgan fingerprint density at radius 1 is 1.00 bits per heavy atom. The standard InChI is InChI=1S/C25H21BrN2O3/c1-3-31-19-13-11-18(12-14-19)28-24(21-9-4-5-10-22(21)26)27-23(25(28)29)16-17-7-6-8-20(15-17)30-2/h4-16H,3H2,1-2H3/b23-16+. The minimum absolute atomic E-state index is 0.197. The number of hydrogen-bond donors (Lipinski definition) is 0. The van der Waals surface area contributed by atoms with Crippen LogP contribution in [0.5, 0.6) is 11.5 Å². The lowest BCUT2D eigenvalue weighted by Crippen LogP contribution is -2.32. The summed E-state index contributed by atoms with van der Waals surface area (Å²) in [6.45, 7) is 2.52. The van der Waals surface area contributed by atoms with Crippen molar-refractivity contribution in [2.24, 2.45) is 4.99 Å². The Labute approximate surface area is 189 Å². The van der Waals surface area contributed by atoms with Crippen molar-refractivity contribution in [2.45, 2.75) is 6.92 Å². The lowest BCUT2D eigenvalue weighted by atomic mass is 10.1. The van der Waals surface area contributed by atoms with E-state index in [0.29, 0.717) is 18.1 Å². The normalized spacial score (nSPS) is 14.7. The van der Waals surface area contributed by atoms with Gasteiger partial charge in [-0.2, -0.15) is 0 Å². The molecule has 0 fully saturated rings. The molecule has 0 N–H and O–H groups in total. The number of methoxy groups -OCH3 is 1. The Hall–Kier alpha value is -3.38. The van der Waals surface area contributed by atoms with Crippen LogP contribution in [0, 0.1) is 0 Å². The van der Waals surface area contributed by atoms with Gasteiger partial charge in [0.05, 0.1) is 19.4 Å². The zero-order chi connectivity index (χ0) is 21.8. The van der Waals surface area contributed by atoms with E-state index in [2.05, 4.69) is 15.9 Å². The molecule has 0 saturated carbocycles. The Kier molecular flexibility index (Phi) is 6.18. The largest absolute Gasteiger partial charge is 0.497 e. The maximum absolute atomic E-state index is 13.4. The molecular weight excluding hydrogens is 456 g/mol. The number of benzene rings is 3. The molecule has 3 aromatic carbocycles. The Balaban J connectivity index is 1.79. The van der Waals surface area contributed by atoms with Crippen LogP contribution in [0.25, 0.3) is 6.08 Å². The summed E-state index contributed by atoms with van der Waals surface area (Å²) in [6.07, 6.45) is 1.77. The third kappa shape index (κ3) is 4.39. The van der Waals surface area contributed by atoms with E-state index in [0.717, 1.165) is 32.8 Å². The summed E-state index contributed by atoms with van der Waals surface area (Å²) in [6, 6.07) is 22.7. The summed E-state index contributed by atoms with van der Waals surface area (Å²) < 4.78 is 11.7. The van der Waals surface area contributed by atoms with Crippen LogP contribution in [-0.2, 0) is 4.79 Å². The average molecular weight is 477 g/mol. The number of amides is 1. The molecule has 0 atom stereocenters. The van der Waals surface area contributed by atoms with Gasteiger partial charge in [0, 0.05) is 10.0 Å². The van der Waals surface area contributed by atoms with Crippen LogP contribution in [0.15, 0.2) is 88.0 Å². The number of halogens is 1. The van der Waals surface area contributed by atoms with E-state index in [4.69, 9.17) is 14.5 Å². The Bertz CT molecular complexity index is 1170. The van der Waals surface area contributed by atoms with Gasteiger partial charge in [0.1, 0.15) is 23.0 Å². The topological polar surface area (TPSA) is 51.1 Å². The fraction of sp³-hybridized carbons (Fsp3) is 0.120. The molecule has 0 saturated heterocycles. The Morgan fingerprint density at radius 2 is 1.77 bits per heavy atom. The van der Waals surface area contributed by atoms with Crippen LogP contribution in [0.1, 0.15) is 18.1 Å². The third-order valence-corrected chi connectivity index (χ3v) is 5.47. The number of nitrogens with zero attached hydrogens (tertiary/aromatic N) is 2. The highest BCUT2D eigenvalue weighted by Gasteiger charge is 2.33. The summed E-state index contributed by atoms with van der Waals surface area (Å²) in [5.74, 6) is 1.84. The quantitative estimate of drug-likeness (QED) is 0.429. The molecule has 0 aliphatic carbocycles. The van der Waals surface area contributed by atoms with Crippen molar-refractivity contribution in [1.82, 2.24) is 0 Å². The van der Waals surface area contributed by atoms with Crippen molar-refractivity contribution in [3.8, 4) is 11.5 Å². The van der Waals surface area contributed by atoms with Crippen LogP contribution in [0.3, 0.4) is 0 Å². The van der Waals surface area contributed by atoms with Gasteiger partial charge < -0.3 is 9.47 Å². The fourth-order valence-electron chi connectivity index (χ4n) is 3.33. The van der Waals surface area contributed by atoms with E-state index in [1.807, 2.05) is 79.7 Å². The molecule has 1 aliphatic heterocycles. The van der Waals surface area contributed by atoms with Gasteiger partial charge in [0.2, 0.25) is 0 Å². The van der Waals surface area contributed by atoms with E-state index in [1.54, 1.807) is 18.1 Å². The van der Waals surface area contributed by atoms with Gasteiger partial charge in [0.15, 0.2) is 0 Å². The summed E-state index contributed by atoms with van der Waals surface area (Å²) in [4.78, 5) is 19.8. The van der Waals surface area contributed by atoms with Crippen LogP contribution >= 0.6 is 15.9 Å². The van der Waals surface area contributed by atoms with Crippen molar-refractivity contribution in [3.05, 3.63) is 94.1 Å². The van der Waals surface area contributed by atoms with Gasteiger partial charge in [-0.1, -0.05) is 46.3 Å². The van der Waals surface area contributed by atoms with E-state index in [9.17, 15) is 4.79 Å². The smallest absolute Gasteiger partial charge is 0.282 e. The highest BCUT2D eigenvalue weighted by Crippen LogP contribution is 2.31. The first-order valence-electron chi connectivity index (χ1n) is 9.87. The monoisotopic (exact) mass is 476 g/mol. The highest BCUT2D eigenvalue weighted by atomic mass is 79.9. The molecule has 0 bridgehead atoms. The number of carbonyl (C=O) groups is 1. The molecule has 1 heterocycles. The first-order valence-corrected chi connectivity index (χ1v) is 10.7.